The molecule has 0 aromatic rings. The van der Waals surface area contributed by atoms with Crippen LogP contribution in [0, 0.1) is 0 Å². The first-order valence-corrected chi connectivity index (χ1v) is 4.22. The van der Waals surface area contributed by atoms with Crippen LogP contribution in [0.25, 0.3) is 0 Å². The molecule has 0 spiro atoms. The summed E-state index contributed by atoms with van der Waals surface area (Å²) in [6, 6.07) is 0. The van der Waals surface area contributed by atoms with Crippen molar-refractivity contribution in [3.8, 4) is 0 Å². The highest BCUT2D eigenvalue weighted by Gasteiger charge is 1.94. The van der Waals surface area contributed by atoms with Gasteiger partial charge in [0.1, 0.15) is 0 Å². The average molecular weight is 171 g/mol. The third-order valence-electron chi connectivity index (χ3n) is 1.33. The zero-order valence-electron chi connectivity index (χ0n) is 7.80. The zero-order chi connectivity index (χ0) is 9.23. The van der Waals surface area contributed by atoms with Crippen molar-refractivity contribution in [1.29, 1.82) is 0 Å². The van der Waals surface area contributed by atoms with Gasteiger partial charge in [0, 0.05) is 20.1 Å². The second-order valence-corrected chi connectivity index (χ2v) is 2.43. The number of methoxy groups -OCH3 is 1. The molecule has 0 fully saturated rings. The van der Waals surface area contributed by atoms with Crippen LogP contribution in [-0.4, -0.2) is 26.2 Å². The van der Waals surface area contributed by atoms with Gasteiger partial charge in [-0.2, -0.15) is 0 Å². The number of amides is 1. The normalized spacial score (nSPS) is 10.5. The molecule has 0 aromatic heterocycles. The van der Waals surface area contributed by atoms with E-state index in [-0.39, 0.29) is 5.91 Å². The van der Waals surface area contributed by atoms with E-state index in [2.05, 4.69) is 5.32 Å². The van der Waals surface area contributed by atoms with Gasteiger partial charge >= 0.3 is 0 Å². The van der Waals surface area contributed by atoms with E-state index in [0.29, 0.717) is 19.6 Å². The van der Waals surface area contributed by atoms with Gasteiger partial charge in [0.15, 0.2) is 0 Å². The Labute approximate surface area is 73.8 Å². The minimum atomic E-state index is 0.0525. The van der Waals surface area contributed by atoms with Gasteiger partial charge < -0.3 is 10.1 Å². The van der Waals surface area contributed by atoms with Gasteiger partial charge in [0.2, 0.25) is 5.91 Å². The van der Waals surface area contributed by atoms with Crippen molar-refractivity contribution in [2.24, 2.45) is 0 Å². The fraction of sp³-hybridized carbons (Fsp3) is 0.667. The van der Waals surface area contributed by atoms with Crippen LogP contribution in [0.15, 0.2) is 12.2 Å². The summed E-state index contributed by atoms with van der Waals surface area (Å²) in [6.07, 6.45) is 5.31. The van der Waals surface area contributed by atoms with Crippen molar-refractivity contribution in [2.75, 3.05) is 20.3 Å². The van der Waals surface area contributed by atoms with Crippen molar-refractivity contribution in [1.82, 2.24) is 5.32 Å². The van der Waals surface area contributed by atoms with Gasteiger partial charge in [-0.1, -0.05) is 19.1 Å². The molecule has 0 saturated heterocycles. The Morgan fingerprint density at radius 2 is 2.25 bits per heavy atom. The molecule has 0 heterocycles. The summed E-state index contributed by atoms with van der Waals surface area (Å²) in [7, 11) is 1.61. The van der Waals surface area contributed by atoms with Crippen LogP contribution in [-0.2, 0) is 9.53 Å². The van der Waals surface area contributed by atoms with Crippen LogP contribution < -0.4 is 5.32 Å². The predicted octanol–water partition coefficient (Wildman–Crippen LogP) is 1.11. The molecule has 3 heteroatoms. The van der Waals surface area contributed by atoms with Gasteiger partial charge in [-0.3, -0.25) is 4.79 Å². The average Bonchev–Trinajstić information content (AvgIpc) is 2.06. The van der Waals surface area contributed by atoms with E-state index in [4.69, 9.17) is 4.74 Å². The first kappa shape index (κ1) is 11.2. The molecule has 70 valence electrons. The smallest absolute Gasteiger partial charge is 0.223 e. The van der Waals surface area contributed by atoms with E-state index in [1.54, 1.807) is 7.11 Å². The maximum Gasteiger partial charge on any atom is 0.223 e. The summed E-state index contributed by atoms with van der Waals surface area (Å²) in [4.78, 5) is 11.0. The van der Waals surface area contributed by atoms with E-state index in [9.17, 15) is 4.79 Å². The van der Waals surface area contributed by atoms with Crippen molar-refractivity contribution >= 4 is 5.91 Å². The van der Waals surface area contributed by atoms with Crippen LogP contribution in [0.1, 0.15) is 19.8 Å². The van der Waals surface area contributed by atoms with Gasteiger partial charge in [-0.25, -0.2) is 0 Å². The predicted molar refractivity (Wildman–Crippen MR) is 48.9 cm³/mol. The minimum Gasteiger partial charge on any atom is -0.383 e. The van der Waals surface area contributed by atoms with Crippen LogP contribution >= 0.6 is 0 Å². The zero-order valence-corrected chi connectivity index (χ0v) is 7.80. The van der Waals surface area contributed by atoms with E-state index < -0.39 is 0 Å². The van der Waals surface area contributed by atoms with Crippen LogP contribution in [0.4, 0.5) is 0 Å². The molecule has 0 aromatic carbocycles. The van der Waals surface area contributed by atoms with Crippen LogP contribution in [0.5, 0.6) is 0 Å². The highest BCUT2D eigenvalue weighted by molar-refractivity contribution is 5.77. The molecule has 0 radical (unpaired) electrons. The van der Waals surface area contributed by atoms with Gasteiger partial charge in [0.05, 0.1) is 6.61 Å². The third kappa shape index (κ3) is 7.28. The molecule has 3 nitrogen and oxygen atoms in total. The lowest BCUT2D eigenvalue weighted by atomic mass is 10.3. The second-order valence-electron chi connectivity index (χ2n) is 2.43. The molecule has 0 aliphatic carbocycles. The van der Waals surface area contributed by atoms with Crippen molar-refractivity contribution < 1.29 is 9.53 Å². The molecule has 12 heavy (non-hydrogen) atoms. The molecule has 0 atom stereocenters. The third-order valence-corrected chi connectivity index (χ3v) is 1.33. The Balaban J connectivity index is 3.27. The summed E-state index contributed by atoms with van der Waals surface area (Å²) in [5.74, 6) is 0.0525. The minimum absolute atomic E-state index is 0.0525. The maximum atomic E-state index is 11.0. The number of rotatable bonds is 6. The van der Waals surface area contributed by atoms with Gasteiger partial charge in [-0.15, -0.1) is 0 Å². The summed E-state index contributed by atoms with van der Waals surface area (Å²) in [5, 5.41) is 2.73. The Hall–Kier alpha value is -0.830. The molecule has 0 rings (SSSR count). The Bertz CT molecular complexity index is 143. The Morgan fingerprint density at radius 1 is 1.50 bits per heavy atom. The summed E-state index contributed by atoms with van der Waals surface area (Å²) in [6.45, 7) is 3.21. The number of nitrogens with one attached hydrogen (secondary N) is 1. The molecule has 0 aliphatic rings. The molecular weight excluding hydrogens is 154 g/mol. The highest BCUT2D eigenvalue weighted by atomic mass is 16.5. The van der Waals surface area contributed by atoms with E-state index >= 15 is 0 Å². The number of carbonyl (C=O) groups excluding carboxylic acids is 1. The largest absolute Gasteiger partial charge is 0.383 e. The van der Waals surface area contributed by atoms with E-state index in [0.717, 1.165) is 6.42 Å². The monoisotopic (exact) mass is 171 g/mol. The SMILES string of the molecule is CCC=CCC(=O)NCCOC. The maximum absolute atomic E-state index is 11.0. The number of allylic oxidation sites excluding steroid dienone is 1. The molecule has 1 amide bonds. The lowest BCUT2D eigenvalue weighted by molar-refractivity contribution is -0.120. The lowest BCUT2D eigenvalue weighted by Crippen LogP contribution is -2.26. The first-order chi connectivity index (χ1) is 5.81. The Kier molecular flexibility index (Phi) is 7.70. The fourth-order valence-corrected chi connectivity index (χ4v) is 0.722. The number of carbonyl (C=O) groups is 1. The molecule has 0 bridgehead atoms. The number of ether oxygens (including phenoxy) is 1. The molecule has 1 N–H and O–H groups in total. The second kappa shape index (κ2) is 8.27. The summed E-state index contributed by atoms with van der Waals surface area (Å²) in [5.41, 5.74) is 0. The molecule has 0 unspecified atom stereocenters. The van der Waals surface area contributed by atoms with E-state index in [1.807, 2.05) is 19.1 Å². The number of hydrogen-bond donors (Lipinski definition) is 1. The van der Waals surface area contributed by atoms with Crippen molar-refractivity contribution in [2.45, 2.75) is 19.8 Å². The summed E-state index contributed by atoms with van der Waals surface area (Å²) >= 11 is 0. The Morgan fingerprint density at radius 3 is 2.83 bits per heavy atom. The van der Waals surface area contributed by atoms with Crippen molar-refractivity contribution in [3.63, 3.8) is 0 Å². The van der Waals surface area contributed by atoms with Crippen LogP contribution in [0.2, 0.25) is 0 Å². The molecular formula is C9H17NO2. The highest BCUT2D eigenvalue weighted by Crippen LogP contribution is 1.85. The first-order valence-electron chi connectivity index (χ1n) is 4.22. The van der Waals surface area contributed by atoms with Crippen LogP contribution in [0.3, 0.4) is 0 Å². The van der Waals surface area contributed by atoms with Crippen molar-refractivity contribution in [3.05, 3.63) is 12.2 Å². The quantitative estimate of drug-likeness (QED) is 0.480. The van der Waals surface area contributed by atoms with Gasteiger partial charge in [0.25, 0.3) is 0 Å². The number of hydrogen-bond acceptors (Lipinski definition) is 2. The molecule has 0 aliphatic heterocycles. The molecule has 0 saturated carbocycles. The standard InChI is InChI=1S/C9H17NO2/c1-3-4-5-6-9(11)10-7-8-12-2/h4-5H,3,6-8H2,1-2H3,(H,10,11). The topological polar surface area (TPSA) is 38.3 Å². The summed E-state index contributed by atoms with van der Waals surface area (Å²) < 4.78 is 4.79. The van der Waals surface area contributed by atoms with E-state index in [1.165, 1.54) is 0 Å². The lowest BCUT2D eigenvalue weighted by Gasteiger charge is -2.00. The van der Waals surface area contributed by atoms with Gasteiger partial charge in [-0.05, 0) is 6.42 Å². The fourth-order valence-electron chi connectivity index (χ4n) is 0.722.